The van der Waals surface area contributed by atoms with Gasteiger partial charge in [0.25, 0.3) is 0 Å². The molecule has 2 aromatic carbocycles. The van der Waals surface area contributed by atoms with Crippen LogP contribution in [0.2, 0.25) is 0 Å². The predicted octanol–water partition coefficient (Wildman–Crippen LogP) is 6.23. The average molecular weight is 330 g/mol. The number of ether oxygens (including phenoxy) is 1. The molecule has 1 nitrogen and oxygen atoms in total. The molecule has 0 amide bonds. The lowest BCUT2D eigenvalue weighted by atomic mass is 9.81. The first-order chi connectivity index (χ1) is 11.7. The van der Waals surface area contributed by atoms with Gasteiger partial charge >= 0.3 is 0 Å². The fraction of sp³-hybridized carbons (Fsp3) is 0.429. The maximum atomic E-state index is 13.9. The van der Waals surface area contributed by atoms with Gasteiger partial charge in [-0.05, 0) is 54.5 Å². The van der Waals surface area contributed by atoms with Crippen LogP contribution in [0.15, 0.2) is 42.5 Å². The molecule has 0 N–H and O–H groups in total. The van der Waals surface area contributed by atoms with Crippen molar-refractivity contribution < 1.29 is 13.5 Å². The fourth-order valence-corrected chi connectivity index (χ4v) is 3.50. The molecule has 0 atom stereocenters. The predicted molar refractivity (Wildman–Crippen MR) is 93.0 cm³/mol. The Hall–Kier alpha value is -1.90. The summed E-state index contributed by atoms with van der Waals surface area (Å²) in [6.45, 7) is 2.98. The van der Waals surface area contributed by atoms with E-state index in [9.17, 15) is 8.78 Å². The summed E-state index contributed by atoms with van der Waals surface area (Å²) in [6, 6.07) is 11.0. The third kappa shape index (κ3) is 4.14. The van der Waals surface area contributed by atoms with Gasteiger partial charge in [-0.15, -0.1) is 0 Å². The van der Waals surface area contributed by atoms with E-state index in [1.54, 1.807) is 0 Å². The highest BCUT2D eigenvalue weighted by Crippen LogP contribution is 2.32. The highest BCUT2D eigenvalue weighted by Gasteiger charge is 2.20. The zero-order chi connectivity index (χ0) is 16.9. The van der Waals surface area contributed by atoms with Gasteiger partial charge in [-0.1, -0.05) is 38.3 Å². The topological polar surface area (TPSA) is 9.23 Å². The minimum Gasteiger partial charge on any atom is -0.493 e. The molecule has 0 spiro atoms. The number of benzene rings is 2. The van der Waals surface area contributed by atoms with E-state index >= 15 is 0 Å². The van der Waals surface area contributed by atoms with Crippen molar-refractivity contribution in [1.29, 1.82) is 0 Å². The third-order valence-electron chi connectivity index (χ3n) is 5.11. The molecule has 0 radical (unpaired) electrons. The van der Waals surface area contributed by atoms with Crippen LogP contribution in [0.4, 0.5) is 8.78 Å². The van der Waals surface area contributed by atoms with Gasteiger partial charge in [0.2, 0.25) is 0 Å². The monoisotopic (exact) mass is 330 g/mol. The molecule has 0 saturated heterocycles. The van der Waals surface area contributed by atoms with E-state index in [1.165, 1.54) is 44.2 Å². The Morgan fingerprint density at radius 2 is 1.71 bits per heavy atom. The third-order valence-corrected chi connectivity index (χ3v) is 5.11. The minimum absolute atomic E-state index is 0.394. The second-order valence-electron chi connectivity index (χ2n) is 6.76. The van der Waals surface area contributed by atoms with Gasteiger partial charge in [-0.3, -0.25) is 0 Å². The zero-order valence-electron chi connectivity index (χ0n) is 14.1. The van der Waals surface area contributed by atoms with Crippen LogP contribution in [0.3, 0.4) is 0 Å². The first-order valence-electron chi connectivity index (χ1n) is 8.84. The van der Waals surface area contributed by atoms with Crippen molar-refractivity contribution in [3.05, 3.63) is 54.1 Å². The fourth-order valence-electron chi connectivity index (χ4n) is 3.50. The lowest BCUT2D eigenvalue weighted by Crippen LogP contribution is -2.19. The van der Waals surface area contributed by atoms with Crippen LogP contribution in [-0.2, 0) is 0 Å². The van der Waals surface area contributed by atoms with Gasteiger partial charge in [0.1, 0.15) is 17.4 Å². The van der Waals surface area contributed by atoms with Gasteiger partial charge < -0.3 is 4.74 Å². The molecule has 1 fully saturated rings. The van der Waals surface area contributed by atoms with Gasteiger partial charge in [-0.25, -0.2) is 8.78 Å². The van der Waals surface area contributed by atoms with E-state index in [2.05, 4.69) is 6.92 Å². The Morgan fingerprint density at radius 3 is 2.42 bits per heavy atom. The summed E-state index contributed by atoms with van der Waals surface area (Å²) in [6.07, 6.45) is 6.32. The molecule has 2 aromatic rings. The van der Waals surface area contributed by atoms with Crippen molar-refractivity contribution in [3.8, 4) is 16.9 Å². The van der Waals surface area contributed by atoms with Gasteiger partial charge in [-0.2, -0.15) is 0 Å². The summed E-state index contributed by atoms with van der Waals surface area (Å²) in [5.74, 6) is 1.12. The standard InChI is InChI=1S/C21H24F2O/c1-2-15-6-8-16(9-7-15)14-24-19-5-3-4-17(12-19)20-11-10-18(22)13-21(20)23/h3-5,10-13,15-16H,2,6-9,14H2,1H3. The molecule has 1 aliphatic rings. The van der Waals surface area contributed by atoms with Crippen molar-refractivity contribution in [2.24, 2.45) is 11.8 Å². The molecule has 1 aliphatic carbocycles. The van der Waals surface area contributed by atoms with Crippen LogP contribution >= 0.6 is 0 Å². The molecule has 0 heterocycles. The molecular formula is C21H24F2O. The van der Waals surface area contributed by atoms with Crippen LogP contribution in [0.1, 0.15) is 39.0 Å². The van der Waals surface area contributed by atoms with Crippen LogP contribution in [0.5, 0.6) is 5.75 Å². The Bertz CT molecular complexity index is 675. The Balaban J connectivity index is 1.63. The van der Waals surface area contributed by atoms with Crippen molar-refractivity contribution in [2.75, 3.05) is 6.61 Å². The molecule has 3 heteroatoms. The molecule has 1 saturated carbocycles. The summed E-state index contributed by atoms with van der Waals surface area (Å²) < 4.78 is 32.9. The Morgan fingerprint density at radius 1 is 0.958 bits per heavy atom. The summed E-state index contributed by atoms with van der Waals surface area (Å²) in [4.78, 5) is 0. The highest BCUT2D eigenvalue weighted by atomic mass is 19.1. The Labute approximate surface area is 142 Å². The Kier molecular flexibility index (Phi) is 5.49. The van der Waals surface area contributed by atoms with Gasteiger partial charge in [0.15, 0.2) is 0 Å². The van der Waals surface area contributed by atoms with Gasteiger partial charge in [0, 0.05) is 11.6 Å². The second kappa shape index (κ2) is 7.78. The molecule has 0 bridgehead atoms. The van der Waals surface area contributed by atoms with E-state index in [4.69, 9.17) is 4.74 Å². The minimum atomic E-state index is -0.564. The zero-order valence-corrected chi connectivity index (χ0v) is 14.1. The van der Waals surface area contributed by atoms with E-state index in [-0.39, 0.29) is 0 Å². The van der Waals surface area contributed by atoms with Crippen LogP contribution in [0.25, 0.3) is 11.1 Å². The van der Waals surface area contributed by atoms with Crippen molar-refractivity contribution in [3.63, 3.8) is 0 Å². The van der Waals surface area contributed by atoms with Crippen LogP contribution in [-0.4, -0.2) is 6.61 Å². The lowest BCUT2D eigenvalue weighted by molar-refractivity contribution is 0.181. The summed E-state index contributed by atoms with van der Waals surface area (Å²) in [5, 5.41) is 0. The molecule has 3 rings (SSSR count). The molecule has 128 valence electrons. The first kappa shape index (κ1) is 16.9. The highest BCUT2D eigenvalue weighted by molar-refractivity contribution is 5.65. The summed E-state index contributed by atoms with van der Waals surface area (Å²) in [7, 11) is 0. The van der Waals surface area contributed by atoms with E-state index < -0.39 is 11.6 Å². The van der Waals surface area contributed by atoms with Crippen molar-refractivity contribution in [2.45, 2.75) is 39.0 Å². The number of rotatable bonds is 5. The van der Waals surface area contributed by atoms with E-state index in [0.717, 1.165) is 17.7 Å². The van der Waals surface area contributed by atoms with Gasteiger partial charge in [0.05, 0.1) is 6.61 Å². The smallest absolute Gasteiger partial charge is 0.133 e. The quantitative estimate of drug-likeness (QED) is 0.631. The van der Waals surface area contributed by atoms with Crippen LogP contribution < -0.4 is 4.74 Å². The second-order valence-corrected chi connectivity index (χ2v) is 6.76. The number of hydrogen-bond donors (Lipinski definition) is 0. The summed E-state index contributed by atoms with van der Waals surface area (Å²) >= 11 is 0. The van der Waals surface area contributed by atoms with E-state index in [1.807, 2.05) is 24.3 Å². The molecule has 0 aromatic heterocycles. The van der Waals surface area contributed by atoms with Crippen molar-refractivity contribution in [1.82, 2.24) is 0 Å². The molecule has 0 unspecified atom stereocenters. The maximum Gasteiger partial charge on any atom is 0.133 e. The number of hydrogen-bond acceptors (Lipinski definition) is 1. The average Bonchev–Trinajstić information content (AvgIpc) is 2.60. The number of halogens is 2. The molecule has 0 aliphatic heterocycles. The normalized spacial score (nSPS) is 20.8. The van der Waals surface area contributed by atoms with Crippen molar-refractivity contribution >= 4 is 0 Å². The van der Waals surface area contributed by atoms with Crippen LogP contribution in [0, 0.1) is 23.5 Å². The lowest BCUT2D eigenvalue weighted by Gasteiger charge is -2.27. The van der Waals surface area contributed by atoms with E-state index in [0.29, 0.717) is 23.7 Å². The summed E-state index contributed by atoms with van der Waals surface area (Å²) in [5.41, 5.74) is 1.10. The first-order valence-corrected chi connectivity index (χ1v) is 8.84. The SMILES string of the molecule is CCC1CCC(COc2cccc(-c3ccc(F)cc3F)c2)CC1. The maximum absolute atomic E-state index is 13.9. The largest absolute Gasteiger partial charge is 0.493 e. The molecular weight excluding hydrogens is 306 g/mol. The molecule has 24 heavy (non-hydrogen) atoms.